The van der Waals surface area contributed by atoms with Gasteiger partial charge < -0.3 is 19.0 Å². The van der Waals surface area contributed by atoms with Gasteiger partial charge in [0.25, 0.3) is 8.32 Å². The van der Waals surface area contributed by atoms with Crippen LogP contribution in [0.1, 0.15) is 51.2 Å². The first-order valence-electron chi connectivity index (χ1n) is 18.6. The molecule has 9 heteroatoms. The molecular formula is C45H47NO7Si. The molecule has 4 aromatic rings. The van der Waals surface area contributed by atoms with Gasteiger partial charge in [-0.15, -0.1) is 0 Å². The molecule has 7 rings (SSSR count). The van der Waals surface area contributed by atoms with E-state index in [4.69, 9.17) is 13.9 Å². The summed E-state index contributed by atoms with van der Waals surface area (Å²) in [6, 6.07) is 38.2. The van der Waals surface area contributed by atoms with Gasteiger partial charge in [-0.05, 0) is 74.7 Å². The highest BCUT2D eigenvalue weighted by Crippen LogP contribution is 2.51. The Hall–Kier alpha value is -5.09. The van der Waals surface area contributed by atoms with Crippen molar-refractivity contribution in [2.75, 3.05) is 20.3 Å². The number of fused-ring (bicyclic) bond motifs is 3. The number of aromatic hydroxyl groups is 1. The fraction of sp³-hybridized carbons (Fsp3) is 0.311. The molecule has 4 aromatic carbocycles. The Kier molecular flexibility index (Phi) is 10.6. The van der Waals surface area contributed by atoms with E-state index in [-0.39, 0.29) is 42.4 Å². The van der Waals surface area contributed by atoms with Gasteiger partial charge in [-0.2, -0.15) is 4.90 Å². The summed E-state index contributed by atoms with van der Waals surface area (Å²) >= 11 is 0. The Morgan fingerprint density at radius 3 is 2.09 bits per heavy atom. The Bertz CT molecular complexity index is 2030. The van der Waals surface area contributed by atoms with Crippen molar-refractivity contribution in [2.24, 2.45) is 17.8 Å². The average molecular weight is 742 g/mol. The van der Waals surface area contributed by atoms with E-state index in [1.165, 1.54) is 7.11 Å². The molecule has 0 bridgehead atoms. The molecule has 54 heavy (non-hydrogen) atoms. The van der Waals surface area contributed by atoms with Crippen molar-refractivity contribution in [1.29, 1.82) is 0 Å². The molecule has 0 radical (unpaired) electrons. The van der Waals surface area contributed by atoms with Crippen molar-refractivity contribution in [2.45, 2.75) is 51.2 Å². The molecule has 0 unspecified atom stereocenters. The van der Waals surface area contributed by atoms with E-state index in [0.717, 1.165) is 38.2 Å². The highest BCUT2D eigenvalue weighted by Gasteiger charge is 2.59. The molecule has 2 aliphatic heterocycles. The molecule has 4 atom stereocenters. The number of hydrogen-bond acceptors (Lipinski definition) is 7. The van der Waals surface area contributed by atoms with Gasteiger partial charge in [0.15, 0.2) is 0 Å². The molecule has 8 nitrogen and oxygen atoms in total. The number of imide groups is 3. The smallest absolute Gasteiger partial charge is 0.423 e. The van der Waals surface area contributed by atoms with Crippen LogP contribution in [0, 0.1) is 17.8 Å². The van der Waals surface area contributed by atoms with Crippen LogP contribution in [-0.2, 0) is 23.5 Å². The number of carbonyl (C=O) groups is 3. The second kappa shape index (κ2) is 15.3. The monoisotopic (exact) mass is 741 g/mol. The standard InChI is InChI=1S/C45H47NO7Si/c1-45(2,3)54(35-19-10-6-11-20-35,36-21-12-7-13-22-36)53-28-33-27-37-41(43(49)46(42(37)48)44(50)51-4)38-29-52-39(40(33)38)24-23-32(31-16-8-5-9-17-31)25-30-15-14-18-34(47)26-30/h5-22,25-26,37-39,41,47H,23-24,27-29H2,1-4H3/b32-25-/t37-,38+,39-,41-/m1/s1. The van der Waals surface area contributed by atoms with Gasteiger partial charge in [0.1, 0.15) is 5.75 Å². The SMILES string of the molecule is COC(=O)N1C(=O)[C@@H]2[C@@H](CC(CO[Si](c3ccccc3)(c3ccccc3)C(C)(C)C)=C3[C@@H](CC/C(=C/c4cccc(O)c4)c4ccccc4)OC[C@@H]32)C1=O. The van der Waals surface area contributed by atoms with Gasteiger partial charge >= 0.3 is 6.09 Å². The van der Waals surface area contributed by atoms with Crippen molar-refractivity contribution >= 4 is 48.2 Å². The summed E-state index contributed by atoms with van der Waals surface area (Å²) in [5, 5.41) is 12.2. The first kappa shape index (κ1) is 37.2. The Labute approximate surface area is 318 Å². The number of carbonyl (C=O) groups excluding carboxylic acids is 3. The molecule has 3 aliphatic rings. The summed E-state index contributed by atoms with van der Waals surface area (Å²) in [5.74, 6) is -2.66. The van der Waals surface area contributed by atoms with E-state index >= 15 is 0 Å². The van der Waals surface area contributed by atoms with Crippen LogP contribution in [0.25, 0.3) is 11.6 Å². The predicted molar refractivity (Wildman–Crippen MR) is 211 cm³/mol. The summed E-state index contributed by atoms with van der Waals surface area (Å²) in [7, 11) is -1.79. The second-order valence-electron chi connectivity index (χ2n) is 15.4. The number of amides is 3. The van der Waals surface area contributed by atoms with Crippen LogP contribution in [0.2, 0.25) is 5.04 Å². The van der Waals surface area contributed by atoms with E-state index in [9.17, 15) is 19.5 Å². The lowest BCUT2D eigenvalue weighted by molar-refractivity contribution is -0.137. The van der Waals surface area contributed by atoms with Crippen LogP contribution < -0.4 is 10.4 Å². The summed E-state index contributed by atoms with van der Waals surface area (Å²) in [6.07, 6.45) is 2.36. The molecule has 2 fully saturated rings. The second-order valence-corrected chi connectivity index (χ2v) is 19.7. The van der Waals surface area contributed by atoms with Crippen molar-refractivity contribution < 1.29 is 33.4 Å². The highest BCUT2D eigenvalue weighted by molar-refractivity contribution is 6.99. The molecule has 2 saturated heterocycles. The summed E-state index contributed by atoms with van der Waals surface area (Å²) in [4.78, 5) is 41.2. The van der Waals surface area contributed by atoms with Crippen molar-refractivity contribution in [3.63, 3.8) is 0 Å². The number of benzene rings is 4. The summed E-state index contributed by atoms with van der Waals surface area (Å²) < 4.78 is 18.9. The Balaban J connectivity index is 1.29. The van der Waals surface area contributed by atoms with E-state index in [1.807, 2.05) is 42.5 Å². The van der Waals surface area contributed by atoms with Crippen LogP contribution in [0.4, 0.5) is 4.79 Å². The third-order valence-corrected chi connectivity index (χ3v) is 16.3. The first-order chi connectivity index (χ1) is 26.0. The van der Waals surface area contributed by atoms with E-state index in [1.54, 1.807) is 12.1 Å². The molecular weight excluding hydrogens is 695 g/mol. The number of phenolic OH excluding ortho intramolecular Hbond substituents is 1. The summed E-state index contributed by atoms with van der Waals surface area (Å²) in [6.45, 7) is 7.21. The van der Waals surface area contributed by atoms with Crippen LogP contribution in [0.5, 0.6) is 5.75 Å². The van der Waals surface area contributed by atoms with E-state index in [0.29, 0.717) is 17.7 Å². The van der Waals surface area contributed by atoms with Crippen molar-refractivity contribution in [3.05, 3.63) is 138 Å². The number of methoxy groups -OCH3 is 1. The molecule has 0 aromatic heterocycles. The fourth-order valence-electron chi connectivity index (χ4n) is 8.89. The van der Waals surface area contributed by atoms with Gasteiger partial charge in [0.05, 0.1) is 38.3 Å². The number of phenols is 1. The zero-order valence-electron chi connectivity index (χ0n) is 31.2. The van der Waals surface area contributed by atoms with Gasteiger partial charge in [-0.25, -0.2) is 4.79 Å². The lowest BCUT2D eigenvalue weighted by Crippen LogP contribution is -2.66. The number of likely N-dealkylation sites (tertiary alicyclic amines) is 1. The number of hydrogen-bond donors (Lipinski definition) is 1. The van der Waals surface area contributed by atoms with Gasteiger partial charge in [0.2, 0.25) is 11.8 Å². The third-order valence-electron chi connectivity index (χ3n) is 11.3. The molecule has 2 heterocycles. The lowest BCUT2D eigenvalue weighted by atomic mass is 9.69. The predicted octanol–water partition coefficient (Wildman–Crippen LogP) is 7.37. The molecule has 0 spiro atoms. The largest absolute Gasteiger partial charge is 0.508 e. The maximum Gasteiger partial charge on any atom is 0.423 e. The first-order valence-corrected chi connectivity index (χ1v) is 20.5. The number of allylic oxidation sites excluding steroid dienone is 1. The quantitative estimate of drug-likeness (QED) is 0.0784. The maximum atomic E-state index is 13.9. The van der Waals surface area contributed by atoms with E-state index < -0.39 is 38.1 Å². The number of ether oxygens (including phenoxy) is 2. The zero-order valence-corrected chi connectivity index (χ0v) is 32.2. The Morgan fingerprint density at radius 1 is 0.870 bits per heavy atom. The molecule has 1 aliphatic carbocycles. The minimum Gasteiger partial charge on any atom is -0.508 e. The van der Waals surface area contributed by atoms with Gasteiger partial charge in [0, 0.05) is 5.92 Å². The van der Waals surface area contributed by atoms with Gasteiger partial charge in [-0.3, -0.25) is 9.59 Å². The van der Waals surface area contributed by atoms with Crippen molar-refractivity contribution in [3.8, 4) is 5.75 Å². The minimum absolute atomic E-state index is 0.197. The fourth-order valence-corrected chi connectivity index (χ4v) is 13.4. The number of nitrogens with zero attached hydrogens (tertiary/aromatic N) is 1. The zero-order chi connectivity index (χ0) is 38.0. The molecule has 0 saturated carbocycles. The minimum atomic E-state index is -2.97. The Morgan fingerprint density at radius 2 is 1.50 bits per heavy atom. The average Bonchev–Trinajstić information content (AvgIpc) is 3.71. The number of rotatable bonds is 10. The van der Waals surface area contributed by atoms with Crippen LogP contribution >= 0.6 is 0 Å². The molecule has 3 amide bonds. The maximum absolute atomic E-state index is 13.9. The van der Waals surface area contributed by atoms with Crippen LogP contribution in [-0.4, -0.2) is 62.7 Å². The van der Waals surface area contributed by atoms with Crippen LogP contribution in [0.15, 0.2) is 126 Å². The topological polar surface area (TPSA) is 102 Å². The van der Waals surface area contributed by atoms with Crippen molar-refractivity contribution in [1.82, 2.24) is 4.90 Å². The molecule has 278 valence electrons. The van der Waals surface area contributed by atoms with Crippen LogP contribution in [0.3, 0.4) is 0 Å². The third kappa shape index (κ3) is 6.88. The van der Waals surface area contributed by atoms with E-state index in [2.05, 4.69) is 87.5 Å². The molecule has 1 N–H and O–H groups in total. The summed E-state index contributed by atoms with van der Waals surface area (Å²) in [5.41, 5.74) is 5.00. The van der Waals surface area contributed by atoms with Gasteiger partial charge in [-0.1, -0.05) is 130 Å². The normalized spacial score (nSPS) is 21.6. The lowest BCUT2D eigenvalue weighted by Gasteiger charge is -2.44. The highest BCUT2D eigenvalue weighted by atomic mass is 28.4.